The van der Waals surface area contributed by atoms with E-state index in [-0.39, 0.29) is 17.9 Å². The summed E-state index contributed by atoms with van der Waals surface area (Å²) in [4.78, 5) is 45.1. The molecule has 0 aromatic heterocycles. The molecular weight excluding hydrogens is 342 g/mol. The van der Waals surface area contributed by atoms with E-state index in [0.717, 1.165) is 30.6 Å². The maximum absolute atomic E-state index is 13.6. The van der Waals surface area contributed by atoms with E-state index in [1.807, 2.05) is 32.0 Å². The quantitative estimate of drug-likeness (QED) is 0.766. The van der Waals surface area contributed by atoms with Crippen LogP contribution >= 0.6 is 0 Å². The lowest BCUT2D eigenvalue weighted by Crippen LogP contribution is -2.72. The minimum Gasteiger partial charge on any atom is -0.367 e. The van der Waals surface area contributed by atoms with E-state index in [1.54, 1.807) is 0 Å². The van der Waals surface area contributed by atoms with Gasteiger partial charge in [0.1, 0.15) is 0 Å². The third-order valence-electron chi connectivity index (χ3n) is 6.20. The van der Waals surface area contributed by atoms with Crippen molar-refractivity contribution >= 4 is 23.5 Å². The zero-order chi connectivity index (χ0) is 19.2. The van der Waals surface area contributed by atoms with Gasteiger partial charge in [-0.2, -0.15) is 0 Å². The molecule has 1 atom stereocenters. The van der Waals surface area contributed by atoms with Gasteiger partial charge in [0.05, 0.1) is 6.04 Å². The molecular formula is C21H27N3O3. The fraction of sp³-hybridized carbons (Fsp3) is 0.571. The van der Waals surface area contributed by atoms with Crippen molar-refractivity contribution < 1.29 is 14.4 Å². The zero-order valence-corrected chi connectivity index (χ0v) is 16.1. The number of carbonyl (C=O) groups excluding carboxylic acids is 3. The first-order valence-electron chi connectivity index (χ1n) is 10.1. The molecule has 0 unspecified atom stereocenters. The monoisotopic (exact) mass is 369 g/mol. The van der Waals surface area contributed by atoms with Gasteiger partial charge in [-0.25, -0.2) is 4.79 Å². The van der Waals surface area contributed by atoms with Crippen molar-refractivity contribution in [2.45, 2.75) is 52.0 Å². The van der Waals surface area contributed by atoms with Crippen LogP contribution in [0.2, 0.25) is 0 Å². The van der Waals surface area contributed by atoms with Crippen molar-refractivity contribution in [3.63, 3.8) is 0 Å². The second kappa shape index (κ2) is 6.66. The number of para-hydroxylation sites is 1. The van der Waals surface area contributed by atoms with E-state index in [4.69, 9.17) is 0 Å². The van der Waals surface area contributed by atoms with Gasteiger partial charge in [0.15, 0.2) is 5.41 Å². The number of barbiturate groups is 1. The normalized spacial score (nSPS) is 23.9. The third-order valence-corrected chi connectivity index (χ3v) is 6.20. The Kier molecular flexibility index (Phi) is 4.44. The number of nitrogens with zero attached hydrogens (tertiary/aromatic N) is 3. The Hall–Kier alpha value is -2.37. The van der Waals surface area contributed by atoms with Crippen molar-refractivity contribution in [1.29, 1.82) is 0 Å². The highest BCUT2D eigenvalue weighted by Crippen LogP contribution is 2.49. The van der Waals surface area contributed by atoms with E-state index in [1.165, 1.54) is 9.80 Å². The molecule has 0 aliphatic carbocycles. The number of anilines is 1. The highest BCUT2D eigenvalue weighted by atomic mass is 16.2. The summed E-state index contributed by atoms with van der Waals surface area (Å²) in [6.45, 7) is 5.47. The van der Waals surface area contributed by atoms with Crippen LogP contribution in [0.3, 0.4) is 0 Å². The molecule has 0 bridgehead atoms. The number of benzene rings is 1. The van der Waals surface area contributed by atoms with Crippen LogP contribution in [-0.2, 0) is 16.0 Å². The van der Waals surface area contributed by atoms with Crippen molar-refractivity contribution in [3.8, 4) is 0 Å². The second-order valence-electron chi connectivity index (χ2n) is 7.82. The first-order valence-corrected chi connectivity index (χ1v) is 10.1. The number of rotatable bonds is 4. The molecule has 144 valence electrons. The number of fused-ring (bicyclic) bond motifs is 4. The van der Waals surface area contributed by atoms with Gasteiger partial charge < -0.3 is 4.90 Å². The van der Waals surface area contributed by atoms with Gasteiger partial charge in [0.2, 0.25) is 11.8 Å². The van der Waals surface area contributed by atoms with Crippen LogP contribution < -0.4 is 4.90 Å². The number of hydrogen-bond donors (Lipinski definition) is 0. The maximum atomic E-state index is 13.6. The zero-order valence-electron chi connectivity index (χ0n) is 16.1. The predicted octanol–water partition coefficient (Wildman–Crippen LogP) is 2.81. The molecule has 3 aliphatic rings. The molecule has 1 aromatic rings. The van der Waals surface area contributed by atoms with Crippen molar-refractivity contribution in [1.82, 2.24) is 9.80 Å². The smallest absolute Gasteiger partial charge is 0.333 e. The van der Waals surface area contributed by atoms with Crippen LogP contribution in [0.25, 0.3) is 0 Å². The third kappa shape index (κ3) is 2.42. The van der Waals surface area contributed by atoms with E-state index in [0.29, 0.717) is 32.4 Å². The molecule has 6 nitrogen and oxygen atoms in total. The molecule has 0 saturated carbocycles. The summed E-state index contributed by atoms with van der Waals surface area (Å²) in [6.07, 6.45) is 3.52. The summed E-state index contributed by atoms with van der Waals surface area (Å²) in [5, 5.41) is 0. The molecule has 4 rings (SSSR count). The number of imide groups is 2. The van der Waals surface area contributed by atoms with Crippen LogP contribution in [0.1, 0.15) is 45.1 Å². The fourth-order valence-electron chi connectivity index (χ4n) is 5.10. The fourth-order valence-corrected chi connectivity index (χ4v) is 5.10. The molecule has 1 spiro atoms. The van der Waals surface area contributed by atoms with Crippen LogP contribution in [0, 0.1) is 5.41 Å². The maximum Gasteiger partial charge on any atom is 0.333 e. The first kappa shape index (κ1) is 18.0. The molecule has 27 heavy (non-hydrogen) atoms. The highest BCUT2D eigenvalue weighted by Gasteiger charge is 2.64. The van der Waals surface area contributed by atoms with Gasteiger partial charge in [-0.15, -0.1) is 0 Å². The van der Waals surface area contributed by atoms with Gasteiger partial charge in [-0.3, -0.25) is 19.4 Å². The minimum atomic E-state index is -1.18. The first-order chi connectivity index (χ1) is 13.1. The second-order valence-corrected chi connectivity index (χ2v) is 7.82. The van der Waals surface area contributed by atoms with Crippen molar-refractivity contribution in [2.24, 2.45) is 5.41 Å². The lowest BCUT2D eigenvalue weighted by atomic mass is 9.68. The largest absolute Gasteiger partial charge is 0.367 e. The van der Waals surface area contributed by atoms with Crippen LogP contribution in [0.15, 0.2) is 24.3 Å². The Morgan fingerprint density at radius 3 is 2.26 bits per heavy atom. The van der Waals surface area contributed by atoms with Gasteiger partial charge in [-0.05, 0) is 43.7 Å². The van der Waals surface area contributed by atoms with Crippen molar-refractivity contribution in [3.05, 3.63) is 29.8 Å². The highest BCUT2D eigenvalue weighted by molar-refractivity contribution is 6.20. The Bertz CT molecular complexity index is 763. The average molecular weight is 369 g/mol. The van der Waals surface area contributed by atoms with E-state index in [9.17, 15) is 14.4 Å². The van der Waals surface area contributed by atoms with Gasteiger partial charge in [0, 0.05) is 25.3 Å². The summed E-state index contributed by atoms with van der Waals surface area (Å²) in [5.41, 5.74) is 0.982. The van der Waals surface area contributed by atoms with Crippen molar-refractivity contribution in [2.75, 3.05) is 24.5 Å². The lowest BCUT2D eigenvalue weighted by molar-refractivity contribution is -0.161. The van der Waals surface area contributed by atoms with Gasteiger partial charge in [0.25, 0.3) is 0 Å². The topological polar surface area (TPSA) is 60.9 Å². The molecule has 0 N–H and O–H groups in total. The number of carbonyl (C=O) groups is 3. The summed E-state index contributed by atoms with van der Waals surface area (Å²) in [5.74, 6) is -0.587. The van der Waals surface area contributed by atoms with Gasteiger partial charge >= 0.3 is 6.03 Å². The molecule has 2 saturated heterocycles. The molecule has 3 aliphatic heterocycles. The number of urea groups is 1. The minimum absolute atomic E-state index is 0.167. The van der Waals surface area contributed by atoms with Crippen LogP contribution in [0.4, 0.5) is 10.5 Å². The lowest BCUT2D eigenvalue weighted by Gasteiger charge is -2.52. The molecule has 4 amide bonds. The SMILES string of the molecule is CCCN1C(=O)N(CCC)C(=O)C2(Cc3ccccc3N3CCC[C@H]32)C1=O. The Morgan fingerprint density at radius 2 is 1.63 bits per heavy atom. The molecule has 6 heteroatoms. The van der Waals surface area contributed by atoms with Gasteiger partial charge in [-0.1, -0.05) is 32.0 Å². The molecule has 3 heterocycles. The summed E-state index contributed by atoms with van der Waals surface area (Å²) in [7, 11) is 0. The Morgan fingerprint density at radius 1 is 1.00 bits per heavy atom. The summed E-state index contributed by atoms with van der Waals surface area (Å²) < 4.78 is 0. The Labute approximate surface area is 160 Å². The van der Waals surface area contributed by atoms with Crippen LogP contribution in [0.5, 0.6) is 0 Å². The van der Waals surface area contributed by atoms with Crippen LogP contribution in [-0.4, -0.2) is 53.3 Å². The molecule has 2 fully saturated rings. The molecule has 0 radical (unpaired) electrons. The number of amides is 4. The predicted molar refractivity (Wildman–Crippen MR) is 102 cm³/mol. The Balaban J connectivity index is 1.87. The standard InChI is InChI=1S/C21H27N3O3/c1-3-11-23-18(25)21(19(26)24(12-4-2)20(23)27)14-15-8-5-6-9-16(15)22-13-7-10-17(21)22/h5-6,8-9,17H,3-4,7,10-14H2,1-2H3/t17-/m0/s1. The number of hydrogen-bond acceptors (Lipinski definition) is 4. The summed E-state index contributed by atoms with van der Waals surface area (Å²) >= 11 is 0. The average Bonchev–Trinajstić information content (AvgIpc) is 3.18. The molecule has 1 aromatic carbocycles. The van der Waals surface area contributed by atoms with E-state index in [2.05, 4.69) is 11.0 Å². The summed E-state index contributed by atoms with van der Waals surface area (Å²) in [6, 6.07) is 7.45. The van der Waals surface area contributed by atoms with E-state index < -0.39 is 11.4 Å². The van der Waals surface area contributed by atoms with E-state index >= 15 is 0 Å².